The number of nitro benzene ring substituents is 1. The van der Waals surface area contributed by atoms with Gasteiger partial charge in [-0.15, -0.1) is 0 Å². The predicted molar refractivity (Wildman–Crippen MR) is 75.0 cm³/mol. The molecule has 108 valence electrons. The number of hydrogen-bond donors (Lipinski definition) is 1. The second-order valence-electron chi connectivity index (χ2n) is 5.40. The highest BCUT2D eigenvalue weighted by Gasteiger charge is 2.32. The van der Waals surface area contributed by atoms with Crippen LogP contribution in [-0.4, -0.2) is 28.6 Å². The highest BCUT2D eigenvalue weighted by atomic mass is 16.6. The SMILES string of the molecule is Cc1cc(N2CCC(C)CC2C(=O)O)ccc1[N+](=O)[O-]. The van der Waals surface area contributed by atoms with E-state index in [0.717, 1.165) is 12.1 Å². The molecule has 6 heteroatoms. The lowest BCUT2D eigenvalue weighted by Gasteiger charge is -2.37. The van der Waals surface area contributed by atoms with Crippen LogP contribution in [0.25, 0.3) is 0 Å². The van der Waals surface area contributed by atoms with E-state index < -0.39 is 16.9 Å². The van der Waals surface area contributed by atoms with E-state index in [4.69, 9.17) is 0 Å². The van der Waals surface area contributed by atoms with Gasteiger partial charge in [0.1, 0.15) is 6.04 Å². The molecule has 2 unspecified atom stereocenters. The number of nitrogens with zero attached hydrogens (tertiary/aromatic N) is 2. The summed E-state index contributed by atoms with van der Waals surface area (Å²) in [7, 11) is 0. The molecule has 1 fully saturated rings. The van der Waals surface area contributed by atoms with E-state index in [1.807, 2.05) is 11.8 Å². The number of rotatable bonds is 3. The second kappa shape index (κ2) is 5.48. The summed E-state index contributed by atoms with van der Waals surface area (Å²) in [6.07, 6.45) is 1.53. The summed E-state index contributed by atoms with van der Waals surface area (Å²) < 4.78 is 0. The van der Waals surface area contributed by atoms with Crippen molar-refractivity contribution in [3.63, 3.8) is 0 Å². The summed E-state index contributed by atoms with van der Waals surface area (Å²) in [5.74, 6) is -0.459. The van der Waals surface area contributed by atoms with Crippen molar-refractivity contribution in [1.82, 2.24) is 0 Å². The first-order valence-electron chi connectivity index (χ1n) is 6.64. The first kappa shape index (κ1) is 14.3. The van der Waals surface area contributed by atoms with Gasteiger partial charge in [0.15, 0.2) is 0 Å². The van der Waals surface area contributed by atoms with E-state index in [-0.39, 0.29) is 5.69 Å². The molecule has 2 atom stereocenters. The number of aliphatic carboxylic acids is 1. The summed E-state index contributed by atoms with van der Waals surface area (Å²) in [4.78, 5) is 23.6. The Bertz CT molecular complexity index is 544. The molecule has 0 saturated carbocycles. The number of carbonyl (C=O) groups is 1. The van der Waals surface area contributed by atoms with Gasteiger partial charge in [-0.25, -0.2) is 4.79 Å². The number of benzene rings is 1. The Morgan fingerprint density at radius 1 is 1.50 bits per heavy atom. The van der Waals surface area contributed by atoms with E-state index in [0.29, 0.717) is 24.4 Å². The molecule has 0 aliphatic carbocycles. The van der Waals surface area contributed by atoms with E-state index >= 15 is 0 Å². The molecular formula is C14H18N2O4. The van der Waals surface area contributed by atoms with Gasteiger partial charge in [-0.1, -0.05) is 6.92 Å². The van der Waals surface area contributed by atoms with Crippen LogP contribution >= 0.6 is 0 Å². The molecule has 2 rings (SSSR count). The average molecular weight is 278 g/mol. The van der Waals surface area contributed by atoms with Crippen LogP contribution in [0.4, 0.5) is 11.4 Å². The van der Waals surface area contributed by atoms with E-state index in [9.17, 15) is 20.0 Å². The lowest BCUT2D eigenvalue weighted by Crippen LogP contribution is -2.47. The topological polar surface area (TPSA) is 83.7 Å². The van der Waals surface area contributed by atoms with Crippen LogP contribution in [0.5, 0.6) is 0 Å². The number of nitro groups is 1. The van der Waals surface area contributed by atoms with Gasteiger partial charge in [-0.05, 0) is 37.8 Å². The zero-order valence-electron chi connectivity index (χ0n) is 11.6. The Morgan fingerprint density at radius 2 is 2.20 bits per heavy atom. The van der Waals surface area contributed by atoms with Crippen molar-refractivity contribution in [2.45, 2.75) is 32.7 Å². The van der Waals surface area contributed by atoms with Crippen molar-refractivity contribution in [2.75, 3.05) is 11.4 Å². The third-order valence-electron chi connectivity index (χ3n) is 3.86. The van der Waals surface area contributed by atoms with Gasteiger partial charge in [0.2, 0.25) is 0 Å². The summed E-state index contributed by atoms with van der Waals surface area (Å²) in [5.41, 5.74) is 1.36. The number of anilines is 1. The van der Waals surface area contributed by atoms with E-state index in [2.05, 4.69) is 0 Å². The van der Waals surface area contributed by atoms with Crippen molar-refractivity contribution < 1.29 is 14.8 Å². The quantitative estimate of drug-likeness (QED) is 0.678. The van der Waals surface area contributed by atoms with Crippen molar-refractivity contribution in [3.8, 4) is 0 Å². The Balaban J connectivity index is 2.32. The lowest BCUT2D eigenvalue weighted by molar-refractivity contribution is -0.385. The molecule has 0 aromatic heterocycles. The maximum atomic E-state index is 11.4. The molecular weight excluding hydrogens is 260 g/mol. The maximum Gasteiger partial charge on any atom is 0.326 e. The zero-order valence-corrected chi connectivity index (χ0v) is 11.6. The highest BCUT2D eigenvalue weighted by molar-refractivity contribution is 5.78. The maximum absolute atomic E-state index is 11.4. The standard InChI is InChI=1S/C14H18N2O4/c1-9-5-6-15(13(7-9)14(17)18)11-3-4-12(16(19)20)10(2)8-11/h3-4,8-9,13H,5-7H2,1-2H3,(H,17,18). The van der Waals surface area contributed by atoms with Gasteiger partial charge in [0, 0.05) is 23.9 Å². The van der Waals surface area contributed by atoms with E-state index in [1.165, 1.54) is 6.07 Å². The van der Waals surface area contributed by atoms with Gasteiger partial charge in [0.25, 0.3) is 5.69 Å². The van der Waals surface area contributed by atoms with Crippen molar-refractivity contribution in [1.29, 1.82) is 0 Å². The Kier molecular flexibility index (Phi) is 3.92. The first-order chi connectivity index (χ1) is 9.40. The minimum atomic E-state index is -0.840. The minimum absolute atomic E-state index is 0.0611. The van der Waals surface area contributed by atoms with Crippen LogP contribution in [0, 0.1) is 23.0 Å². The summed E-state index contributed by atoms with van der Waals surface area (Å²) in [6.45, 7) is 4.38. The predicted octanol–water partition coefficient (Wildman–Crippen LogP) is 2.59. The Morgan fingerprint density at radius 3 is 2.75 bits per heavy atom. The summed E-state index contributed by atoms with van der Waals surface area (Å²) in [5, 5.41) is 20.2. The van der Waals surface area contributed by atoms with Crippen LogP contribution in [0.3, 0.4) is 0 Å². The van der Waals surface area contributed by atoms with Crippen LogP contribution in [-0.2, 0) is 4.79 Å². The number of aryl methyl sites for hydroxylation is 1. The van der Waals surface area contributed by atoms with Gasteiger partial charge in [-0.2, -0.15) is 0 Å². The van der Waals surface area contributed by atoms with Gasteiger partial charge >= 0.3 is 5.97 Å². The fourth-order valence-electron chi connectivity index (χ4n) is 2.71. The average Bonchev–Trinajstić information content (AvgIpc) is 2.37. The molecule has 0 amide bonds. The van der Waals surface area contributed by atoms with Crippen LogP contribution in [0.1, 0.15) is 25.3 Å². The molecule has 0 spiro atoms. The van der Waals surface area contributed by atoms with Gasteiger partial charge in [0.05, 0.1) is 4.92 Å². The third-order valence-corrected chi connectivity index (χ3v) is 3.86. The third kappa shape index (κ3) is 2.74. The van der Waals surface area contributed by atoms with Crippen molar-refractivity contribution in [2.24, 2.45) is 5.92 Å². The van der Waals surface area contributed by atoms with Crippen molar-refractivity contribution in [3.05, 3.63) is 33.9 Å². The lowest BCUT2D eigenvalue weighted by atomic mass is 9.92. The van der Waals surface area contributed by atoms with Gasteiger partial charge in [-0.3, -0.25) is 10.1 Å². The monoisotopic (exact) mass is 278 g/mol. The molecule has 0 bridgehead atoms. The molecule has 0 radical (unpaired) electrons. The zero-order chi connectivity index (χ0) is 14.9. The van der Waals surface area contributed by atoms with Crippen LogP contribution in [0.15, 0.2) is 18.2 Å². The van der Waals surface area contributed by atoms with Crippen LogP contribution in [0.2, 0.25) is 0 Å². The molecule has 20 heavy (non-hydrogen) atoms. The summed E-state index contributed by atoms with van der Waals surface area (Å²) in [6, 6.07) is 4.22. The Hall–Kier alpha value is -2.11. The molecule has 1 saturated heterocycles. The molecule has 1 aliphatic heterocycles. The molecule has 1 aromatic rings. The minimum Gasteiger partial charge on any atom is -0.480 e. The second-order valence-corrected chi connectivity index (χ2v) is 5.40. The van der Waals surface area contributed by atoms with Crippen LogP contribution < -0.4 is 4.90 Å². The molecule has 1 heterocycles. The fraction of sp³-hybridized carbons (Fsp3) is 0.500. The summed E-state index contributed by atoms with van der Waals surface area (Å²) >= 11 is 0. The number of piperidine rings is 1. The number of carboxylic acid groups (broad SMARTS) is 1. The molecule has 6 nitrogen and oxygen atoms in total. The molecule has 1 N–H and O–H groups in total. The van der Waals surface area contributed by atoms with Gasteiger partial charge < -0.3 is 10.0 Å². The largest absolute Gasteiger partial charge is 0.480 e. The highest BCUT2D eigenvalue weighted by Crippen LogP contribution is 2.31. The number of hydrogen-bond acceptors (Lipinski definition) is 4. The van der Waals surface area contributed by atoms with E-state index in [1.54, 1.807) is 19.1 Å². The Labute approximate surface area is 117 Å². The smallest absolute Gasteiger partial charge is 0.326 e. The molecule has 1 aromatic carbocycles. The molecule has 1 aliphatic rings. The normalized spacial score (nSPS) is 22.6. The van der Waals surface area contributed by atoms with Crippen molar-refractivity contribution >= 4 is 17.3 Å². The fourth-order valence-corrected chi connectivity index (χ4v) is 2.71. The number of carboxylic acids is 1. The first-order valence-corrected chi connectivity index (χ1v) is 6.64.